The number of rotatable bonds is 3. The molecule has 0 aliphatic carbocycles. The van der Waals surface area contributed by atoms with Gasteiger partial charge < -0.3 is 21.1 Å². The number of nitrogens with zero attached hydrogens (tertiary/aromatic N) is 2. The number of hydrogen-bond acceptors (Lipinski definition) is 6. The van der Waals surface area contributed by atoms with Gasteiger partial charge in [-0.15, -0.1) is 0 Å². The molecule has 1 aromatic heterocycles. The molecular formula is C19H23F2N5O2. The van der Waals surface area contributed by atoms with Gasteiger partial charge >= 0.3 is 6.09 Å². The molecule has 0 unspecified atom stereocenters. The molecule has 0 radical (unpaired) electrons. The van der Waals surface area contributed by atoms with Crippen LogP contribution < -0.4 is 16.4 Å². The van der Waals surface area contributed by atoms with Crippen LogP contribution in [0, 0.1) is 11.6 Å². The van der Waals surface area contributed by atoms with E-state index in [-0.39, 0.29) is 24.5 Å². The van der Waals surface area contributed by atoms with Crippen molar-refractivity contribution < 1.29 is 18.3 Å². The number of nitrogens with one attached hydrogen (secondary N) is 2. The van der Waals surface area contributed by atoms with Crippen LogP contribution in [-0.4, -0.2) is 34.8 Å². The van der Waals surface area contributed by atoms with Crippen molar-refractivity contribution in [3.8, 4) is 0 Å². The van der Waals surface area contributed by atoms with Gasteiger partial charge in [0.25, 0.3) is 0 Å². The van der Waals surface area contributed by atoms with Gasteiger partial charge in [0.1, 0.15) is 22.8 Å². The number of carbonyl (C=O) groups excluding carboxylic acids is 1. The highest BCUT2D eigenvalue weighted by Gasteiger charge is 2.50. The monoisotopic (exact) mass is 391 g/mol. The van der Waals surface area contributed by atoms with Gasteiger partial charge in [-0.05, 0) is 44.5 Å². The second-order valence-corrected chi connectivity index (χ2v) is 7.79. The number of anilines is 1. The average Bonchev–Trinajstić information content (AvgIpc) is 3.00. The maximum absolute atomic E-state index is 14.6. The summed E-state index contributed by atoms with van der Waals surface area (Å²) in [6, 6.07) is 3.23. The van der Waals surface area contributed by atoms with Gasteiger partial charge in [0.05, 0.1) is 18.1 Å². The minimum Gasteiger partial charge on any atom is -0.444 e. The summed E-state index contributed by atoms with van der Waals surface area (Å²) in [4.78, 5) is 21.1. The first-order chi connectivity index (χ1) is 13.1. The number of alkyl carbamates (subject to hydrolysis) is 1. The highest BCUT2D eigenvalue weighted by atomic mass is 19.1. The number of nitrogens with two attached hydrogens (primary N) is 1. The van der Waals surface area contributed by atoms with Gasteiger partial charge in [-0.25, -0.2) is 23.5 Å². The Labute approximate surface area is 161 Å². The van der Waals surface area contributed by atoms with Crippen molar-refractivity contribution in [3.05, 3.63) is 53.6 Å². The van der Waals surface area contributed by atoms with Gasteiger partial charge in [-0.1, -0.05) is 0 Å². The third-order valence-corrected chi connectivity index (χ3v) is 4.48. The molecule has 1 aromatic carbocycles. The molecule has 2 aromatic rings. The van der Waals surface area contributed by atoms with Crippen LogP contribution in [0.15, 0.2) is 30.6 Å². The minimum atomic E-state index is -1.25. The van der Waals surface area contributed by atoms with Crippen LogP contribution >= 0.6 is 0 Å². The number of amides is 1. The van der Waals surface area contributed by atoms with Gasteiger partial charge in [0.15, 0.2) is 5.82 Å². The first-order valence-electron chi connectivity index (χ1n) is 8.85. The zero-order chi connectivity index (χ0) is 20.5. The maximum atomic E-state index is 14.6. The molecule has 1 aliphatic rings. The van der Waals surface area contributed by atoms with E-state index in [1.165, 1.54) is 12.4 Å². The standard InChI is InChI=1S/C19H23F2N5O2/c1-18(2,3)28-17(27)26-19(16-24-7-12(22)8-25-16)10-23-9-14(19)13-6-11(20)4-5-15(13)21/h4-8,14,23H,9-10,22H2,1-3H3,(H,26,27)/t14-,19+/m1/s1. The fourth-order valence-corrected chi connectivity index (χ4v) is 3.34. The molecular weight excluding hydrogens is 368 g/mol. The normalized spacial score (nSPS) is 22.1. The first kappa shape index (κ1) is 19.9. The zero-order valence-corrected chi connectivity index (χ0v) is 15.9. The molecule has 0 spiro atoms. The summed E-state index contributed by atoms with van der Waals surface area (Å²) in [5.74, 6) is -1.60. The van der Waals surface area contributed by atoms with Crippen LogP contribution in [0.2, 0.25) is 0 Å². The number of benzene rings is 1. The summed E-state index contributed by atoms with van der Waals surface area (Å²) in [5, 5.41) is 5.92. The first-order valence-corrected chi connectivity index (χ1v) is 8.85. The molecule has 9 heteroatoms. The topological polar surface area (TPSA) is 102 Å². The molecule has 0 bridgehead atoms. The quantitative estimate of drug-likeness (QED) is 0.743. The van der Waals surface area contributed by atoms with Gasteiger partial charge in [0, 0.05) is 19.0 Å². The highest BCUT2D eigenvalue weighted by molar-refractivity contribution is 5.69. The van der Waals surface area contributed by atoms with Crippen LogP contribution in [0.5, 0.6) is 0 Å². The lowest BCUT2D eigenvalue weighted by Gasteiger charge is -2.35. The molecule has 150 valence electrons. The second kappa shape index (κ2) is 7.31. The lowest BCUT2D eigenvalue weighted by atomic mass is 9.80. The Hall–Kier alpha value is -2.81. The summed E-state index contributed by atoms with van der Waals surface area (Å²) in [7, 11) is 0. The molecule has 0 saturated carbocycles. The summed E-state index contributed by atoms with van der Waals surface area (Å²) < 4.78 is 33.8. The van der Waals surface area contributed by atoms with E-state index in [0.29, 0.717) is 5.69 Å². The largest absolute Gasteiger partial charge is 0.444 e. The molecule has 1 aliphatic heterocycles. The predicted octanol–water partition coefficient (Wildman–Crippen LogP) is 2.44. The van der Waals surface area contributed by atoms with Crippen molar-refractivity contribution in [2.75, 3.05) is 18.8 Å². The molecule has 1 fully saturated rings. The molecule has 1 amide bonds. The van der Waals surface area contributed by atoms with E-state index in [2.05, 4.69) is 20.6 Å². The van der Waals surface area contributed by atoms with Crippen molar-refractivity contribution in [2.45, 2.75) is 37.8 Å². The number of ether oxygens (including phenoxy) is 1. The summed E-state index contributed by atoms with van der Waals surface area (Å²) in [6.07, 6.45) is 2.09. The Bertz CT molecular complexity index is 870. The predicted molar refractivity (Wildman–Crippen MR) is 99.5 cm³/mol. The van der Waals surface area contributed by atoms with E-state index < -0.39 is 34.8 Å². The molecule has 1 saturated heterocycles. The van der Waals surface area contributed by atoms with Crippen molar-refractivity contribution in [1.82, 2.24) is 20.6 Å². The van der Waals surface area contributed by atoms with E-state index in [1.807, 2.05) is 0 Å². The third kappa shape index (κ3) is 4.04. The molecule has 7 nitrogen and oxygen atoms in total. The number of hydrogen-bond donors (Lipinski definition) is 3. The van der Waals surface area contributed by atoms with E-state index in [4.69, 9.17) is 10.5 Å². The van der Waals surface area contributed by atoms with Crippen LogP contribution in [0.3, 0.4) is 0 Å². The Morgan fingerprint density at radius 3 is 2.64 bits per heavy atom. The number of carbonyl (C=O) groups is 1. The van der Waals surface area contributed by atoms with E-state index in [9.17, 15) is 13.6 Å². The van der Waals surface area contributed by atoms with Gasteiger partial charge in [0.2, 0.25) is 0 Å². The molecule has 4 N–H and O–H groups in total. The third-order valence-electron chi connectivity index (χ3n) is 4.48. The molecule has 2 heterocycles. The fraction of sp³-hybridized carbons (Fsp3) is 0.421. The zero-order valence-electron chi connectivity index (χ0n) is 15.9. The lowest BCUT2D eigenvalue weighted by molar-refractivity contribution is 0.0444. The number of aromatic nitrogens is 2. The fourth-order valence-electron chi connectivity index (χ4n) is 3.34. The van der Waals surface area contributed by atoms with Crippen molar-refractivity contribution in [1.29, 1.82) is 0 Å². The van der Waals surface area contributed by atoms with Crippen LogP contribution in [0.25, 0.3) is 0 Å². The smallest absolute Gasteiger partial charge is 0.408 e. The number of halogens is 2. The van der Waals surface area contributed by atoms with Crippen molar-refractivity contribution in [2.24, 2.45) is 0 Å². The van der Waals surface area contributed by atoms with Crippen LogP contribution in [-0.2, 0) is 10.3 Å². The van der Waals surface area contributed by atoms with Gasteiger partial charge in [-0.3, -0.25) is 0 Å². The summed E-state index contributed by atoms with van der Waals surface area (Å²) in [5.41, 5.74) is 4.15. The van der Waals surface area contributed by atoms with Crippen molar-refractivity contribution in [3.63, 3.8) is 0 Å². The SMILES string of the molecule is CC(C)(C)OC(=O)N[C@@]1(c2ncc(N)cn2)CNC[C@@H]1c1cc(F)ccc1F. The van der Waals surface area contributed by atoms with E-state index >= 15 is 0 Å². The highest BCUT2D eigenvalue weighted by Crippen LogP contribution is 2.40. The van der Waals surface area contributed by atoms with Crippen molar-refractivity contribution >= 4 is 11.8 Å². The Morgan fingerprint density at radius 2 is 2.00 bits per heavy atom. The minimum absolute atomic E-state index is 0.112. The summed E-state index contributed by atoms with van der Waals surface area (Å²) >= 11 is 0. The number of nitrogen functional groups attached to an aromatic ring is 1. The lowest BCUT2D eigenvalue weighted by Crippen LogP contribution is -2.53. The molecule has 28 heavy (non-hydrogen) atoms. The van der Waals surface area contributed by atoms with Gasteiger partial charge in [-0.2, -0.15) is 0 Å². The Morgan fingerprint density at radius 1 is 1.32 bits per heavy atom. The Balaban J connectivity index is 2.08. The summed E-state index contributed by atoms with van der Waals surface area (Å²) in [6.45, 7) is 5.68. The van der Waals surface area contributed by atoms with E-state index in [0.717, 1.165) is 18.2 Å². The second-order valence-electron chi connectivity index (χ2n) is 7.79. The Kier molecular flexibility index (Phi) is 5.20. The molecule has 2 atom stereocenters. The van der Waals surface area contributed by atoms with E-state index in [1.54, 1.807) is 20.8 Å². The maximum Gasteiger partial charge on any atom is 0.408 e. The molecule has 3 rings (SSSR count). The average molecular weight is 391 g/mol. The van der Waals surface area contributed by atoms with Crippen LogP contribution in [0.4, 0.5) is 19.3 Å². The van der Waals surface area contributed by atoms with Crippen LogP contribution in [0.1, 0.15) is 38.1 Å².